The first-order valence-corrected chi connectivity index (χ1v) is 5.00. The highest BCUT2D eigenvalue weighted by atomic mass is 35.5. The third-order valence-corrected chi connectivity index (χ3v) is 2.32. The van der Waals surface area contributed by atoms with E-state index in [4.69, 9.17) is 29.5 Å². The maximum Gasteiger partial charge on any atom is 0.223 e. The molecule has 84 valence electrons. The van der Waals surface area contributed by atoms with Crippen molar-refractivity contribution >= 4 is 23.4 Å². The number of pyridine rings is 1. The van der Waals surface area contributed by atoms with Crippen LogP contribution in [0, 0.1) is 12.3 Å². The molecule has 1 aliphatic carbocycles. The molecule has 1 aliphatic heterocycles. The van der Waals surface area contributed by atoms with E-state index in [0.29, 0.717) is 0 Å². The molecule has 0 saturated carbocycles. The maximum atomic E-state index is 5.58. The van der Waals surface area contributed by atoms with Crippen LogP contribution in [-0.2, 0) is 0 Å². The second kappa shape index (κ2) is 4.28. The molecule has 0 atom stereocenters. The molecule has 2 aliphatic rings. The Kier molecular flexibility index (Phi) is 2.81. The second-order valence-corrected chi connectivity index (χ2v) is 3.60. The zero-order valence-electron chi connectivity index (χ0n) is 8.68. The molecule has 4 N–H and O–H groups in total. The van der Waals surface area contributed by atoms with Crippen molar-refractivity contribution in [3.8, 4) is 23.5 Å². The quantitative estimate of drug-likeness (QED) is 0.461. The number of nitrogens with two attached hydrogens (primary N) is 2. The molecule has 0 fully saturated rings. The number of nitrogens with zero attached hydrogens (tertiary/aromatic N) is 3. The summed E-state index contributed by atoms with van der Waals surface area (Å²) in [5.74, 6) is 2.40. The van der Waals surface area contributed by atoms with Gasteiger partial charge in [-0.3, -0.25) is 4.98 Å². The number of hydrogen-bond donors (Lipinski definition) is 2. The number of terminal acetylenes is 1. The minimum atomic E-state index is 0.0199. The van der Waals surface area contributed by atoms with Crippen LogP contribution in [0.2, 0.25) is 5.15 Å². The van der Waals surface area contributed by atoms with Crippen molar-refractivity contribution in [2.45, 2.75) is 0 Å². The van der Waals surface area contributed by atoms with E-state index < -0.39 is 0 Å². The number of halogens is 1. The lowest BCUT2D eigenvalue weighted by Crippen LogP contribution is -2.02. The van der Waals surface area contributed by atoms with Crippen molar-refractivity contribution in [1.82, 2.24) is 15.0 Å². The van der Waals surface area contributed by atoms with Gasteiger partial charge in [-0.15, -0.1) is 6.42 Å². The van der Waals surface area contributed by atoms with E-state index >= 15 is 0 Å². The molecule has 3 rings (SSSR count). The van der Waals surface area contributed by atoms with Crippen LogP contribution in [-0.4, -0.2) is 15.0 Å². The van der Waals surface area contributed by atoms with E-state index in [-0.39, 0.29) is 22.5 Å². The fourth-order valence-corrected chi connectivity index (χ4v) is 1.39. The average Bonchev–Trinajstić information content (AvgIpc) is 2.86. The van der Waals surface area contributed by atoms with E-state index in [1.165, 1.54) is 11.1 Å². The van der Waals surface area contributed by atoms with Crippen LogP contribution in [0.15, 0.2) is 18.5 Å². The van der Waals surface area contributed by atoms with Gasteiger partial charge in [-0.05, 0) is 6.07 Å². The van der Waals surface area contributed by atoms with Gasteiger partial charge in [-0.2, -0.15) is 9.97 Å². The fourth-order valence-electron chi connectivity index (χ4n) is 1.15. The lowest BCUT2D eigenvalue weighted by molar-refractivity contribution is 1.18. The van der Waals surface area contributed by atoms with Gasteiger partial charge in [0, 0.05) is 23.5 Å². The number of nitrogen functional groups attached to an aromatic ring is 2. The van der Waals surface area contributed by atoms with Gasteiger partial charge in [0.15, 0.2) is 5.15 Å². The first-order chi connectivity index (χ1) is 8.11. The summed E-state index contributed by atoms with van der Waals surface area (Å²) in [5.41, 5.74) is 13.5. The Labute approximate surface area is 103 Å². The standard InChI is InChI=1S/C6H5ClN4.C5H3N/c1-2-3-4(7)10-6(9)11-5(3)8;1-4-2-6-3-5(1)4/h1H,(H4,8,9,10,11);1-3H. The molecular formula is C11H8ClN5. The molecule has 0 amide bonds. The van der Waals surface area contributed by atoms with Crippen molar-refractivity contribution in [1.29, 1.82) is 0 Å². The molecule has 1 aromatic rings. The van der Waals surface area contributed by atoms with Crippen molar-refractivity contribution in [2.24, 2.45) is 0 Å². The van der Waals surface area contributed by atoms with Crippen molar-refractivity contribution in [3.63, 3.8) is 0 Å². The SMILES string of the molecule is C#Cc1c(N)nc(N)nc1Cl.c1ncc2cc1-2. The van der Waals surface area contributed by atoms with E-state index in [0.717, 1.165) is 0 Å². The molecule has 0 saturated heterocycles. The van der Waals surface area contributed by atoms with Gasteiger partial charge in [0.25, 0.3) is 0 Å². The van der Waals surface area contributed by atoms with Crippen LogP contribution in [0.5, 0.6) is 0 Å². The Morgan fingerprint density at radius 3 is 2.18 bits per heavy atom. The van der Waals surface area contributed by atoms with E-state index in [1.807, 2.05) is 12.4 Å². The summed E-state index contributed by atoms with van der Waals surface area (Å²) < 4.78 is 0. The van der Waals surface area contributed by atoms with Gasteiger partial charge in [-0.25, -0.2) is 0 Å². The lowest BCUT2D eigenvalue weighted by Gasteiger charge is -1.99. The number of anilines is 2. The molecule has 6 heteroatoms. The minimum absolute atomic E-state index is 0.0199. The summed E-state index contributed by atoms with van der Waals surface area (Å²) in [6, 6.07) is 2.10. The monoisotopic (exact) mass is 245 g/mol. The van der Waals surface area contributed by atoms with Crippen molar-refractivity contribution < 1.29 is 0 Å². The van der Waals surface area contributed by atoms with E-state index in [1.54, 1.807) is 0 Å². The van der Waals surface area contributed by atoms with Crippen LogP contribution in [0.1, 0.15) is 5.56 Å². The third kappa shape index (κ3) is 2.44. The first-order valence-electron chi connectivity index (χ1n) is 4.62. The molecule has 2 heterocycles. The van der Waals surface area contributed by atoms with Gasteiger partial charge in [0.2, 0.25) is 5.95 Å². The molecule has 0 unspecified atom stereocenters. The Hall–Kier alpha value is -2.32. The van der Waals surface area contributed by atoms with Gasteiger partial charge >= 0.3 is 0 Å². The van der Waals surface area contributed by atoms with Crippen LogP contribution >= 0.6 is 11.6 Å². The summed E-state index contributed by atoms with van der Waals surface area (Å²) in [6.45, 7) is 0. The van der Waals surface area contributed by atoms with Crippen LogP contribution in [0.25, 0.3) is 11.1 Å². The zero-order valence-corrected chi connectivity index (χ0v) is 9.44. The summed E-state index contributed by atoms with van der Waals surface area (Å²) >= 11 is 5.58. The predicted molar refractivity (Wildman–Crippen MR) is 67.0 cm³/mol. The fraction of sp³-hybridized carbons (Fsp3) is 0. The Morgan fingerprint density at radius 2 is 1.82 bits per heavy atom. The normalized spacial score (nSPS) is 9.88. The van der Waals surface area contributed by atoms with Crippen molar-refractivity contribution in [2.75, 3.05) is 11.5 Å². The Bertz CT molecular complexity index is 577. The predicted octanol–water partition coefficient (Wildman–Crippen LogP) is 1.34. The summed E-state index contributed by atoms with van der Waals surface area (Å²) in [4.78, 5) is 11.1. The molecule has 17 heavy (non-hydrogen) atoms. The molecule has 5 nitrogen and oxygen atoms in total. The average molecular weight is 246 g/mol. The third-order valence-electron chi connectivity index (χ3n) is 2.04. The molecule has 0 aromatic carbocycles. The van der Waals surface area contributed by atoms with Crippen LogP contribution in [0.3, 0.4) is 0 Å². The number of fused-ring (bicyclic) bond motifs is 1. The lowest BCUT2D eigenvalue weighted by atomic mass is 10.3. The maximum absolute atomic E-state index is 5.58. The second-order valence-electron chi connectivity index (χ2n) is 3.24. The topological polar surface area (TPSA) is 90.7 Å². The molecule has 0 radical (unpaired) electrons. The highest BCUT2D eigenvalue weighted by Crippen LogP contribution is 2.30. The van der Waals surface area contributed by atoms with Gasteiger partial charge < -0.3 is 11.5 Å². The molecule has 0 spiro atoms. The number of aromatic nitrogens is 3. The van der Waals surface area contributed by atoms with Crippen molar-refractivity contribution in [3.05, 3.63) is 29.2 Å². The Morgan fingerprint density at radius 1 is 1.18 bits per heavy atom. The smallest absolute Gasteiger partial charge is 0.223 e. The van der Waals surface area contributed by atoms with E-state index in [2.05, 4.69) is 26.9 Å². The van der Waals surface area contributed by atoms with Crippen LogP contribution in [0.4, 0.5) is 11.8 Å². The van der Waals surface area contributed by atoms with Crippen LogP contribution < -0.4 is 11.5 Å². The van der Waals surface area contributed by atoms with Gasteiger partial charge in [-0.1, -0.05) is 17.5 Å². The zero-order chi connectivity index (χ0) is 12.4. The molecule has 1 aromatic heterocycles. The summed E-state index contributed by atoms with van der Waals surface area (Å²) in [7, 11) is 0. The van der Waals surface area contributed by atoms with E-state index in [9.17, 15) is 0 Å². The Balaban J connectivity index is 0.000000148. The summed E-state index contributed by atoms with van der Waals surface area (Å²) in [6.07, 6.45) is 8.81. The molecular weight excluding hydrogens is 238 g/mol. The van der Waals surface area contributed by atoms with Gasteiger partial charge in [0.05, 0.1) is 0 Å². The minimum Gasteiger partial charge on any atom is -0.382 e. The number of rotatable bonds is 0. The number of hydrogen-bond acceptors (Lipinski definition) is 5. The first kappa shape index (κ1) is 11.2. The summed E-state index contributed by atoms with van der Waals surface area (Å²) in [5, 5.41) is 0.109. The highest BCUT2D eigenvalue weighted by Gasteiger charge is 2.08. The molecule has 0 bridgehead atoms. The largest absolute Gasteiger partial charge is 0.382 e. The van der Waals surface area contributed by atoms with Gasteiger partial charge in [0.1, 0.15) is 11.4 Å². The highest BCUT2D eigenvalue weighted by molar-refractivity contribution is 6.31.